The third-order valence-electron chi connectivity index (χ3n) is 4.28. The molecule has 0 saturated carbocycles. The Morgan fingerprint density at radius 2 is 2.33 bits per heavy atom. The minimum Gasteiger partial charge on any atom is -0.360 e. The van der Waals surface area contributed by atoms with Crippen molar-refractivity contribution in [1.29, 1.82) is 0 Å². The minimum atomic E-state index is -0.325. The first-order valence-electron chi connectivity index (χ1n) is 7.90. The summed E-state index contributed by atoms with van der Waals surface area (Å²) in [6, 6.07) is 2.09. The fourth-order valence-corrected chi connectivity index (χ4v) is 4.66. The molecule has 0 aliphatic carbocycles. The van der Waals surface area contributed by atoms with Crippen LogP contribution in [-0.2, 0) is 9.53 Å². The fraction of sp³-hybridized carbons (Fsp3) is 0.533. The number of nitrogens with one attached hydrogen (secondary N) is 1. The monoisotopic (exact) mass is 367 g/mol. The molecule has 0 bridgehead atoms. The van der Waals surface area contributed by atoms with E-state index in [0.29, 0.717) is 26.2 Å². The van der Waals surface area contributed by atoms with Crippen LogP contribution in [0.3, 0.4) is 0 Å². The molecule has 24 heavy (non-hydrogen) atoms. The van der Waals surface area contributed by atoms with Gasteiger partial charge >= 0.3 is 0 Å². The molecule has 2 aliphatic heterocycles. The average Bonchev–Trinajstić information content (AvgIpc) is 2.98. The van der Waals surface area contributed by atoms with E-state index in [1.807, 2.05) is 6.20 Å². The van der Waals surface area contributed by atoms with Gasteiger partial charge in [0.25, 0.3) is 0 Å². The highest BCUT2D eigenvalue weighted by Crippen LogP contribution is 2.35. The van der Waals surface area contributed by atoms with Crippen molar-refractivity contribution in [2.75, 3.05) is 39.3 Å². The number of piperazine rings is 1. The number of alkyl halides is 1. The second kappa shape index (κ2) is 6.89. The van der Waals surface area contributed by atoms with E-state index in [1.54, 1.807) is 17.7 Å². The molecule has 1 N–H and O–H groups in total. The number of rotatable bonds is 3. The van der Waals surface area contributed by atoms with Gasteiger partial charge in [-0.3, -0.25) is 14.6 Å². The molecular formula is C15H18ClN5O2S. The molecule has 7 nitrogen and oxygen atoms in total. The number of nitrogens with zero attached hydrogens (tertiary/aromatic N) is 4. The SMILES string of the molecule is O=C1CN(C(c2cc3ncncc3s2)N2CCOC(Cl)C2)CCN1. The second-order valence-electron chi connectivity index (χ2n) is 5.89. The van der Waals surface area contributed by atoms with Gasteiger partial charge in [0.1, 0.15) is 11.9 Å². The van der Waals surface area contributed by atoms with E-state index < -0.39 is 0 Å². The maximum Gasteiger partial charge on any atom is 0.234 e. The van der Waals surface area contributed by atoms with Gasteiger partial charge in [-0.05, 0) is 6.07 Å². The number of carbonyl (C=O) groups excluding carboxylic acids is 1. The van der Waals surface area contributed by atoms with E-state index in [9.17, 15) is 4.79 Å². The van der Waals surface area contributed by atoms with Crippen molar-refractivity contribution in [2.24, 2.45) is 0 Å². The topological polar surface area (TPSA) is 70.6 Å². The van der Waals surface area contributed by atoms with Gasteiger partial charge < -0.3 is 10.1 Å². The van der Waals surface area contributed by atoms with Crippen LogP contribution in [0.15, 0.2) is 18.6 Å². The predicted molar refractivity (Wildman–Crippen MR) is 91.9 cm³/mol. The lowest BCUT2D eigenvalue weighted by atomic mass is 10.2. The molecule has 128 valence electrons. The summed E-state index contributed by atoms with van der Waals surface area (Å²) in [4.78, 5) is 26.0. The van der Waals surface area contributed by atoms with Gasteiger partial charge in [0.15, 0.2) is 0 Å². The number of morpholine rings is 1. The van der Waals surface area contributed by atoms with Crippen molar-refractivity contribution in [1.82, 2.24) is 25.1 Å². The van der Waals surface area contributed by atoms with E-state index in [2.05, 4.69) is 31.2 Å². The van der Waals surface area contributed by atoms with Crippen LogP contribution in [0.1, 0.15) is 11.0 Å². The normalized spacial score (nSPS) is 24.9. The lowest BCUT2D eigenvalue weighted by molar-refractivity contribution is -0.128. The van der Waals surface area contributed by atoms with E-state index in [4.69, 9.17) is 16.3 Å². The number of thiophene rings is 1. The highest BCUT2D eigenvalue weighted by Gasteiger charge is 2.34. The number of aromatic nitrogens is 2. The van der Waals surface area contributed by atoms with Gasteiger partial charge in [0, 0.05) is 37.3 Å². The van der Waals surface area contributed by atoms with Gasteiger partial charge in [-0.15, -0.1) is 11.3 Å². The highest BCUT2D eigenvalue weighted by molar-refractivity contribution is 7.19. The Bertz CT molecular complexity index is 708. The summed E-state index contributed by atoms with van der Waals surface area (Å²) in [5.41, 5.74) is 0.612. The average molecular weight is 368 g/mol. The number of halogens is 1. The Hall–Kier alpha value is -1.32. The predicted octanol–water partition coefficient (Wildman–Crippen LogP) is 1.02. The van der Waals surface area contributed by atoms with E-state index in [-0.39, 0.29) is 17.6 Å². The standard InChI is InChI=1S/C15H18ClN5O2S/c16-13-7-21(3-4-23-13)15(20-2-1-18-14(22)8-20)11-5-10-12(24-11)6-17-9-19-10/h5-6,9,13,15H,1-4,7-8H2,(H,18,22). The lowest BCUT2D eigenvalue weighted by Crippen LogP contribution is -2.55. The molecule has 2 aliphatic rings. The highest BCUT2D eigenvalue weighted by atomic mass is 35.5. The van der Waals surface area contributed by atoms with Crippen molar-refractivity contribution in [3.8, 4) is 0 Å². The Balaban J connectivity index is 1.69. The van der Waals surface area contributed by atoms with Crippen LogP contribution in [0.5, 0.6) is 0 Å². The van der Waals surface area contributed by atoms with E-state index in [0.717, 1.165) is 28.2 Å². The van der Waals surface area contributed by atoms with Gasteiger partial charge in [-0.1, -0.05) is 11.6 Å². The molecule has 1 amide bonds. The third-order valence-corrected chi connectivity index (χ3v) is 5.65. The first-order chi connectivity index (χ1) is 11.7. The molecule has 2 fully saturated rings. The maximum absolute atomic E-state index is 11.9. The zero-order valence-corrected chi connectivity index (χ0v) is 14.6. The molecule has 2 atom stereocenters. The summed E-state index contributed by atoms with van der Waals surface area (Å²) < 4.78 is 6.52. The molecule has 0 aromatic carbocycles. The molecular weight excluding hydrogens is 350 g/mol. The minimum absolute atomic E-state index is 0.000370. The van der Waals surface area contributed by atoms with Crippen molar-refractivity contribution >= 4 is 39.1 Å². The van der Waals surface area contributed by atoms with Crippen LogP contribution in [-0.4, -0.2) is 70.6 Å². The van der Waals surface area contributed by atoms with Crippen LogP contribution >= 0.6 is 22.9 Å². The zero-order valence-electron chi connectivity index (χ0n) is 13.0. The largest absolute Gasteiger partial charge is 0.360 e. The summed E-state index contributed by atoms with van der Waals surface area (Å²) in [7, 11) is 0. The van der Waals surface area contributed by atoms with Crippen LogP contribution in [0.25, 0.3) is 10.2 Å². The Morgan fingerprint density at radius 3 is 3.12 bits per heavy atom. The number of ether oxygens (including phenoxy) is 1. The lowest BCUT2D eigenvalue weighted by Gasteiger charge is -2.43. The summed E-state index contributed by atoms with van der Waals surface area (Å²) in [5, 5.41) is 2.89. The smallest absolute Gasteiger partial charge is 0.234 e. The van der Waals surface area contributed by atoms with Crippen molar-refractivity contribution in [2.45, 2.75) is 11.7 Å². The van der Waals surface area contributed by atoms with Gasteiger partial charge in [-0.2, -0.15) is 0 Å². The van der Waals surface area contributed by atoms with Gasteiger partial charge in [0.05, 0.1) is 29.5 Å². The summed E-state index contributed by atoms with van der Waals surface area (Å²) in [6.45, 7) is 3.86. The van der Waals surface area contributed by atoms with Crippen LogP contribution in [0.4, 0.5) is 0 Å². The molecule has 4 heterocycles. The number of hydrogen-bond acceptors (Lipinski definition) is 7. The van der Waals surface area contributed by atoms with Gasteiger partial charge in [-0.25, -0.2) is 9.97 Å². The quantitative estimate of drug-likeness (QED) is 0.817. The molecule has 2 unspecified atom stereocenters. The van der Waals surface area contributed by atoms with E-state index in [1.165, 1.54) is 0 Å². The zero-order chi connectivity index (χ0) is 16.5. The fourth-order valence-electron chi connectivity index (χ4n) is 3.24. The molecule has 0 radical (unpaired) electrons. The summed E-state index contributed by atoms with van der Waals surface area (Å²) in [6.07, 6.45) is 3.40. The van der Waals surface area contributed by atoms with Gasteiger partial charge in [0.2, 0.25) is 5.91 Å². The Labute approximate surface area is 148 Å². The van der Waals surface area contributed by atoms with Crippen molar-refractivity contribution in [3.63, 3.8) is 0 Å². The Morgan fingerprint density at radius 1 is 1.42 bits per heavy atom. The number of fused-ring (bicyclic) bond motifs is 1. The van der Waals surface area contributed by atoms with E-state index >= 15 is 0 Å². The third kappa shape index (κ3) is 3.25. The molecule has 2 aromatic heterocycles. The summed E-state index contributed by atoms with van der Waals surface area (Å²) >= 11 is 7.88. The number of hydrogen-bond donors (Lipinski definition) is 1. The molecule has 4 rings (SSSR count). The first kappa shape index (κ1) is 16.2. The maximum atomic E-state index is 11.9. The molecule has 0 spiro atoms. The van der Waals surface area contributed by atoms with Crippen LogP contribution in [0, 0.1) is 0 Å². The molecule has 9 heteroatoms. The molecule has 2 saturated heterocycles. The Kier molecular flexibility index (Phi) is 4.64. The number of carbonyl (C=O) groups is 1. The summed E-state index contributed by atoms with van der Waals surface area (Å²) in [5.74, 6) is 0.0582. The van der Waals surface area contributed by atoms with Crippen molar-refractivity contribution in [3.05, 3.63) is 23.5 Å². The molecule has 2 aromatic rings. The van der Waals surface area contributed by atoms with Crippen molar-refractivity contribution < 1.29 is 9.53 Å². The van der Waals surface area contributed by atoms with Crippen LogP contribution in [0.2, 0.25) is 0 Å². The number of amides is 1. The second-order valence-corrected chi connectivity index (χ2v) is 7.49. The first-order valence-corrected chi connectivity index (χ1v) is 9.16. The van der Waals surface area contributed by atoms with Crippen LogP contribution < -0.4 is 5.32 Å².